The van der Waals surface area contributed by atoms with Gasteiger partial charge in [0.25, 0.3) is 0 Å². The van der Waals surface area contributed by atoms with E-state index in [-0.39, 0.29) is 0 Å². The number of fused-ring (bicyclic) bond motifs is 5. The van der Waals surface area contributed by atoms with Crippen LogP contribution < -0.4 is 0 Å². The molecule has 6 heteroatoms. The van der Waals surface area contributed by atoms with E-state index in [2.05, 4.69) is 49.9 Å². The van der Waals surface area contributed by atoms with Crippen molar-refractivity contribution in [3.05, 3.63) is 11.6 Å². The molecule has 0 radical (unpaired) electrons. The van der Waals surface area contributed by atoms with Crippen LogP contribution in [0.4, 0.5) is 0 Å². The maximum absolute atomic E-state index is 6.30. The fraction of sp³-hybridized carbons (Fsp3) is 0.846. The smallest absolute Gasteiger partial charge is 0.184 e. The molecule has 0 bridgehead atoms. The van der Waals surface area contributed by atoms with E-state index >= 15 is 0 Å². The second-order valence-corrected chi connectivity index (χ2v) is 16.6. The van der Waals surface area contributed by atoms with Crippen LogP contribution in [0.5, 0.6) is 0 Å². The third-order valence-electron chi connectivity index (χ3n) is 9.45. The molecule has 0 aromatic carbocycles. The standard InChI is InChI=1S/C26H44N2O3Si/c1-25-14-12-19(27-29-3)16-18(25)8-9-20-21-10-11-23(26(21,2)15-13-22(20)25)24(28-30-4)17-31-32(5,6)7/h16,20-23H,8-15,17H2,1-7H3/t20-,21-,22-,23+,25?,26-/m0/s1. The van der Waals surface area contributed by atoms with Gasteiger partial charge < -0.3 is 14.1 Å². The Morgan fingerprint density at radius 2 is 1.78 bits per heavy atom. The van der Waals surface area contributed by atoms with Crippen molar-refractivity contribution in [1.29, 1.82) is 0 Å². The number of hydrogen-bond acceptors (Lipinski definition) is 5. The molecular weight excluding hydrogens is 416 g/mol. The third-order valence-corrected chi connectivity index (χ3v) is 10.5. The summed E-state index contributed by atoms with van der Waals surface area (Å²) in [5.41, 5.74) is 4.56. The van der Waals surface area contributed by atoms with Gasteiger partial charge >= 0.3 is 0 Å². The summed E-state index contributed by atoms with van der Waals surface area (Å²) in [6.07, 6.45) is 12.3. The summed E-state index contributed by atoms with van der Waals surface area (Å²) >= 11 is 0. The molecule has 0 amide bonds. The summed E-state index contributed by atoms with van der Waals surface area (Å²) in [4.78, 5) is 10.4. The van der Waals surface area contributed by atoms with E-state index in [0.29, 0.717) is 23.4 Å². The average molecular weight is 461 g/mol. The van der Waals surface area contributed by atoms with Crippen LogP contribution in [-0.2, 0) is 14.1 Å². The Balaban J connectivity index is 1.56. The number of nitrogens with zero attached hydrogens (tertiary/aromatic N) is 2. The van der Waals surface area contributed by atoms with Crippen LogP contribution in [-0.4, -0.2) is 40.6 Å². The zero-order valence-corrected chi connectivity index (χ0v) is 22.4. The zero-order valence-electron chi connectivity index (χ0n) is 21.4. The lowest BCUT2D eigenvalue weighted by atomic mass is 9.46. The van der Waals surface area contributed by atoms with Crippen LogP contribution in [0.15, 0.2) is 22.0 Å². The van der Waals surface area contributed by atoms with Crippen molar-refractivity contribution in [2.75, 3.05) is 20.8 Å². The second kappa shape index (κ2) is 8.90. The molecule has 0 saturated heterocycles. The van der Waals surface area contributed by atoms with Crippen molar-refractivity contribution in [3.8, 4) is 0 Å². The van der Waals surface area contributed by atoms with Gasteiger partial charge in [-0.05, 0) is 106 Å². The lowest BCUT2D eigenvalue weighted by Crippen LogP contribution is -2.51. The Morgan fingerprint density at radius 1 is 1.00 bits per heavy atom. The molecule has 0 spiro atoms. The topological polar surface area (TPSA) is 52.4 Å². The molecular formula is C26H44N2O3Si. The Bertz CT molecular complexity index is 801. The van der Waals surface area contributed by atoms with Gasteiger partial charge in [-0.15, -0.1) is 0 Å². The molecule has 5 nitrogen and oxygen atoms in total. The molecule has 4 aliphatic rings. The third kappa shape index (κ3) is 4.22. The molecule has 6 atom stereocenters. The lowest BCUT2D eigenvalue weighted by Gasteiger charge is -2.58. The van der Waals surface area contributed by atoms with E-state index in [0.717, 1.165) is 35.6 Å². The monoisotopic (exact) mass is 460 g/mol. The van der Waals surface area contributed by atoms with Crippen molar-refractivity contribution in [2.45, 2.75) is 84.9 Å². The van der Waals surface area contributed by atoms with Crippen molar-refractivity contribution in [3.63, 3.8) is 0 Å². The lowest BCUT2D eigenvalue weighted by molar-refractivity contribution is -0.0415. The van der Waals surface area contributed by atoms with Gasteiger partial charge in [0.15, 0.2) is 8.32 Å². The molecule has 0 aliphatic heterocycles. The molecule has 32 heavy (non-hydrogen) atoms. The van der Waals surface area contributed by atoms with Gasteiger partial charge in [0.2, 0.25) is 0 Å². The molecule has 0 heterocycles. The number of oxime groups is 2. The molecule has 3 saturated carbocycles. The number of rotatable bonds is 6. The van der Waals surface area contributed by atoms with E-state index in [1.54, 1.807) is 19.8 Å². The summed E-state index contributed by atoms with van der Waals surface area (Å²) in [7, 11) is 1.74. The first kappa shape index (κ1) is 24.0. The van der Waals surface area contributed by atoms with Crippen LogP contribution >= 0.6 is 0 Å². The van der Waals surface area contributed by atoms with Crippen molar-refractivity contribution >= 4 is 19.7 Å². The highest BCUT2D eigenvalue weighted by atomic mass is 28.4. The van der Waals surface area contributed by atoms with E-state index in [1.807, 2.05) is 0 Å². The van der Waals surface area contributed by atoms with Crippen LogP contribution in [0.25, 0.3) is 0 Å². The Labute approximate surface area is 196 Å². The molecule has 3 fully saturated rings. The van der Waals surface area contributed by atoms with Crippen LogP contribution in [0.3, 0.4) is 0 Å². The Kier molecular flexibility index (Phi) is 6.67. The normalized spacial score (nSPS) is 40.9. The average Bonchev–Trinajstić information content (AvgIpc) is 3.08. The molecule has 0 N–H and O–H groups in total. The van der Waals surface area contributed by atoms with E-state index in [4.69, 9.17) is 14.1 Å². The minimum atomic E-state index is -1.60. The highest BCUT2D eigenvalue weighted by molar-refractivity contribution is 6.69. The van der Waals surface area contributed by atoms with Gasteiger partial charge in [0.05, 0.1) is 18.0 Å². The summed E-state index contributed by atoms with van der Waals surface area (Å²) < 4.78 is 6.30. The fourth-order valence-corrected chi connectivity index (χ4v) is 8.49. The maximum atomic E-state index is 6.30. The fourth-order valence-electron chi connectivity index (χ4n) is 7.91. The first-order valence-corrected chi connectivity index (χ1v) is 16.1. The Morgan fingerprint density at radius 3 is 2.47 bits per heavy atom. The number of hydrogen-bond donors (Lipinski definition) is 0. The zero-order chi connectivity index (χ0) is 23.1. The van der Waals surface area contributed by atoms with Gasteiger partial charge in [-0.2, -0.15) is 0 Å². The van der Waals surface area contributed by atoms with Crippen molar-refractivity contribution in [1.82, 2.24) is 0 Å². The van der Waals surface area contributed by atoms with Gasteiger partial charge in [-0.1, -0.05) is 29.7 Å². The highest BCUT2D eigenvalue weighted by Crippen LogP contribution is 2.66. The largest absolute Gasteiger partial charge is 0.412 e. The van der Waals surface area contributed by atoms with Gasteiger partial charge in [-0.25, -0.2) is 0 Å². The van der Waals surface area contributed by atoms with Crippen LogP contribution in [0.2, 0.25) is 19.6 Å². The minimum absolute atomic E-state index is 0.316. The molecule has 0 aromatic heterocycles. The summed E-state index contributed by atoms with van der Waals surface area (Å²) in [5.74, 6) is 2.89. The molecule has 180 valence electrons. The van der Waals surface area contributed by atoms with Gasteiger partial charge in [-0.3, -0.25) is 0 Å². The SMILES string of the molecule is CON=C1C=C2CC[C@@H]3[C@H](CC[C@]4(C)[C@@H](C(CO[Si](C)(C)C)=NOC)CC[C@@H]34)C2(C)CC1. The quantitative estimate of drug-likeness (QED) is 0.261. The summed E-state index contributed by atoms with van der Waals surface area (Å²) in [6, 6.07) is 0. The summed E-state index contributed by atoms with van der Waals surface area (Å²) in [5, 5.41) is 8.80. The van der Waals surface area contributed by atoms with E-state index in [1.165, 1.54) is 44.9 Å². The predicted molar refractivity (Wildman–Crippen MR) is 133 cm³/mol. The molecule has 4 rings (SSSR count). The Hall–Kier alpha value is -1.14. The van der Waals surface area contributed by atoms with E-state index in [9.17, 15) is 0 Å². The van der Waals surface area contributed by atoms with Crippen molar-refractivity contribution < 1.29 is 14.1 Å². The first-order valence-electron chi connectivity index (χ1n) is 12.7. The highest BCUT2D eigenvalue weighted by Gasteiger charge is 2.59. The van der Waals surface area contributed by atoms with Gasteiger partial charge in [0.1, 0.15) is 14.2 Å². The minimum Gasteiger partial charge on any atom is -0.412 e. The molecule has 1 unspecified atom stereocenters. The second-order valence-electron chi connectivity index (χ2n) is 12.1. The first-order chi connectivity index (χ1) is 15.1. The van der Waals surface area contributed by atoms with E-state index < -0.39 is 8.32 Å². The van der Waals surface area contributed by atoms with Crippen LogP contribution in [0.1, 0.15) is 65.2 Å². The molecule has 0 aromatic rings. The van der Waals surface area contributed by atoms with Crippen molar-refractivity contribution in [2.24, 2.45) is 44.8 Å². The maximum Gasteiger partial charge on any atom is 0.184 e. The molecule has 4 aliphatic carbocycles. The van der Waals surface area contributed by atoms with Gasteiger partial charge in [0, 0.05) is 5.92 Å². The number of allylic oxidation sites excluding steroid dienone is 2. The van der Waals surface area contributed by atoms with Crippen LogP contribution in [0, 0.1) is 34.5 Å². The summed E-state index contributed by atoms with van der Waals surface area (Å²) in [6.45, 7) is 12.5. The predicted octanol–water partition coefficient (Wildman–Crippen LogP) is 6.42.